The largest absolute Gasteiger partial charge is 0.489 e. The lowest BCUT2D eigenvalue weighted by Gasteiger charge is -2.06. The molecule has 0 unspecified atom stereocenters. The quantitative estimate of drug-likeness (QED) is 0.899. The summed E-state index contributed by atoms with van der Waals surface area (Å²) in [5, 5.41) is 4.16. The molecule has 5 heteroatoms. The summed E-state index contributed by atoms with van der Waals surface area (Å²) in [6.07, 6.45) is 0. The molecule has 1 N–H and O–H groups in total. The second-order valence-electron chi connectivity index (χ2n) is 4.22. The Kier molecular flexibility index (Phi) is 4.75. The molecule has 0 aliphatic carbocycles. The zero-order chi connectivity index (χ0) is 13.8. The van der Waals surface area contributed by atoms with Crippen molar-refractivity contribution < 1.29 is 9.15 Å². The number of aryl methyl sites for hydroxylation is 1. The third kappa shape index (κ3) is 3.90. The second-order valence-corrected chi connectivity index (χ2v) is 5.09. The fraction of sp³-hybridized carbons (Fsp3) is 0.286. The maximum Gasteiger partial charge on any atom is 0.122 e. The number of rotatable bonds is 5. The molecule has 0 radical (unpaired) electrons. The number of furan rings is 1. The lowest BCUT2D eigenvalue weighted by Crippen LogP contribution is -2.03. The Morgan fingerprint density at radius 1 is 1.16 bits per heavy atom. The van der Waals surface area contributed by atoms with E-state index in [-0.39, 0.29) is 0 Å². The fourth-order valence-corrected chi connectivity index (χ4v) is 2.27. The summed E-state index contributed by atoms with van der Waals surface area (Å²) in [5.74, 6) is 2.40. The topological polar surface area (TPSA) is 34.4 Å². The van der Waals surface area contributed by atoms with Gasteiger partial charge in [0, 0.05) is 15.6 Å². The molecule has 102 valence electrons. The van der Waals surface area contributed by atoms with Crippen molar-refractivity contribution in [3.8, 4) is 5.75 Å². The molecule has 19 heavy (non-hydrogen) atoms. The molecule has 2 aromatic rings. The van der Waals surface area contributed by atoms with Gasteiger partial charge in [-0.1, -0.05) is 23.2 Å². The van der Waals surface area contributed by atoms with Gasteiger partial charge in [-0.2, -0.15) is 0 Å². The van der Waals surface area contributed by atoms with Crippen LogP contribution in [0.4, 0.5) is 0 Å². The van der Waals surface area contributed by atoms with Gasteiger partial charge in [0.1, 0.15) is 23.9 Å². The Labute approximate surface area is 122 Å². The van der Waals surface area contributed by atoms with Crippen molar-refractivity contribution >= 4 is 23.2 Å². The first-order valence-electron chi connectivity index (χ1n) is 5.90. The fourth-order valence-electron chi connectivity index (χ4n) is 1.77. The van der Waals surface area contributed by atoms with Gasteiger partial charge in [0.15, 0.2) is 0 Å². The number of hydrogen-bond acceptors (Lipinski definition) is 3. The molecule has 0 aliphatic rings. The molecule has 3 nitrogen and oxygen atoms in total. The molecular weight excluding hydrogens is 285 g/mol. The van der Waals surface area contributed by atoms with E-state index in [2.05, 4.69) is 5.32 Å². The molecule has 0 aliphatic heterocycles. The van der Waals surface area contributed by atoms with E-state index in [9.17, 15) is 0 Å². The first-order chi connectivity index (χ1) is 9.08. The number of halogens is 2. The molecular formula is C14H15Cl2NO2. The van der Waals surface area contributed by atoms with E-state index in [4.69, 9.17) is 32.4 Å². The first-order valence-corrected chi connectivity index (χ1v) is 6.66. The average molecular weight is 300 g/mol. The summed E-state index contributed by atoms with van der Waals surface area (Å²) in [6, 6.07) is 7.12. The highest BCUT2D eigenvalue weighted by Gasteiger charge is 2.08. The van der Waals surface area contributed by atoms with Crippen molar-refractivity contribution in [2.75, 3.05) is 7.05 Å². The van der Waals surface area contributed by atoms with Crippen molar-refractivity contribution in [1.29, 1.82) is 0 Å². The Morgan fingerprint density at radius 2 is 1.84 bits per heavy atom. The lowest BCUT2D eigenvalue weighted by molar-refractivity contribution is 0.303. The van der Waals surface area contributed by atoms with Gasteiger partial charge in [0.25, 0.3) is 0 Å². The molecule has 0 saturated heterocycles. The Hall–Kier alpha value is -1.16. The van der Waals surface area contributed by atoms with Gasteiger partial charge in [-0.3, -0.25) is 0 Å². The summed E-state index contributed by atoms with van der Waals surface area (Å²) in [7, 11) is 1.88. The number of benzene rings is 1. The highest BCUT2D eigenvalue weighted by molar-refractivity contribution is 6.34. The van der Waals surface area contributed by atoms with Gasteiger partial charge in [-0.15, -0.1) is 0 Å². The molecule has 0 amide bonds. The molecule has 0 saturated carbocycles. The van der Waals surface area contributed by atoms with Crippen LogP contribution in [0.2, 0.25) is 10.0 Å². The summed E-state index contributed by atoms with van der Waals surface area (Å²) >= 11 is 11.8. The van der Waals surface area contributed by atoms with Crippen LogP contribution >= 0.6 is 23.2 Å². The third-order valence-corrected chi connectivity index (χ3v) is 3.09. The van der Waals surface area contributed by atoms with Gasteiger partial charge < -0.3 is 14.5 Å². The van der Waals surface area contributed by atoms with E-state index in [0.29, 0.717) is 28.9 Å². The number of ether oxygens (including phenoxy) is 1. The van der Waals surface area contributed by atoms with Crippen LogP contribution in [0.25, 0.3) is 0 Å². The summed E-state index contributed by atoms with van der Waals surface area (Å²) in [5.41, 5.74) is 1.02. The third-order valence-electron chi connectivity index (χ3n) is 2.65. The minimum Gasteiger partial charge on any atom is -0.489 e. The molecule has 1 heterocycles. The van der Waals surface area contributed by atoms with Gasteiger partial charge in [0.2, 0.25) is 0 Å². The number of nitrogens with one attached hydrogen (secondary N) is 1. The standard InChI is InChI=1S/C14H15Cl2NO2/c1-9-10(3-14(19-9)7-17-2)8-18-13-5-11(15)4-12(16)6-13/h3-6,17H,7-8H2,1-2H3. The smallest absolute Gasteiger partial charge is 0.122 e. The van der Waals surface area contributed by atoms with E-state index in [1.54, 1.807) is 18.2 Å². The van der Waals surface area contributed by atoms with Gasteiger partial charge >= 0.3 is 0 Å². The van der Waals surface area contributed by atoms with Crippen molar-refractivity contribution in [2.45, 2.75) is 20.1 Å². The summed E-state index contributed by atoms with van der Waals surface area (Å²) < 4.78 is 11.3. The molecule has 1 aromatic heterocycles. The van der Waals surface area contributed by atoms with Crippen molar-refractivity contribution in [3.05, 3.63) is 51.4 Å². The molecule has 0 fully saturated rings. The van der Waals surface area contributed by atoms with Crippen LogP contribution in [0.1, 0.15) is 17.1 Å². The van der Waals surface area contributed by atoms with Gasteiger partial charge in [0.05, 0.1) is 6.54 Å². The zero-order valence-corrected chi connectivity index (χ0v) is 12.3. The molecule has 2 rings (SSSR count). The van der Waals surface area contributed by atoms with E-state index in [0.717, 1.165) is 17.1 Å². The normalized spacial score (nSPS) is 10.7. The van der Waals surface area contributed by atoms with Crippen LogP contribution in [-0.4, -0.2) is 7.05 Å². The zero-order valence-electron chi connectivity index (χ0n) is 10.8. The highest BCUT2D eigenvalue weighted by Crippen LogP contribution is 2.25. The van der Waals surface area contributed by atoms with E-state index in [1.807, 2.05) is 20.0 Å². The van der Waals surface area contributed by atoms with Crippen molar-refractivity contribution in [1.82, 2.24) is 5.32 Å². The predicted octanol–water partition coefficient (Wildman–Crippen LogP) is 4.19. The monoisotopic (exact) mass is 299 g/mol. The van der Waals surface area contributed by atoms with E-state index in [1.165, 1.54) is 0 Å². The predicted molar refractivity (Wildman–Crippen MR) is 77.0 cm³/mol. The summed E-state index contributed by atoms with van der Waals surface area (Å²) in [4.78, 5) is 0. The van der Waals surface area contributed by atoms with E-state index >= 15 is 0 Å². The Balaban J connectivity index is 2.05. The van der Waals surface area contributed by atoms with Crippen LogP contribution in [0, 0.1) is 6.92 Å². The van der Waals surface area contributed by atoms with Crippen molar-refractivity contribution in [3.63, 3.8) is 0 Å². The maximum absolute atomic E-state index is 5.92. The highest BCUT2D eigenvalue weighted by atomic mass is 35.5. The minimum absolute atomic E-state index is 0.426. The molecule has 0 atom stereocenters. The SMILES string of the molecule is CNCc1cc(COc2cc(Cl)cc(Cl)c2)c(C)o1. The Bertz CT molecular complexity index is 546. The van der Waals surface area contributed by atoms with Crippen LogP contribution in [-0.2, 0) is 13.2 Å². The first kappa shape index (κ1) is 14.3. The van der Waals surface area contributed by atoms with Crippen LogP contribution in [0.3, 0.4) is 0 Å². The van der Waals surface area contributed by atoms with Crippen LogP contribution in [0.5, 0.6) is 5.75 Å². The van der Waals surface area contributed by atoms with Crippen molar-refractivity contribution in [2.24, 2.45) is 0 Å². The number of hydrogen-bond donors (Lipinski definition) is 1. The van der Waals surface area contributed by atoms with E-state index < -0.39 is 0 Å². The van der Waals surface area contributed by atoms with Gasteiger partial charge in [-0.05, 0) is 38.2 Å². The summed E-state index contributed by atoms with van der Waals surface area (Å²) in [6.45, 7) is 3.04. The second kappa shape index (κ2) is 6.33. The average Bonchev–Trinajstić information content (AvgIpc) is 2.66. The molecule has 1 aromatic carbocycles. The molecule has 0 spiro atoms. The molecule has 0 bridgehead atoms. The van der Waals surface area contributed by atoms with Gasteiger partial charge in [-0.25, -0.2) is 0 Å². The van der Waals surface area contributed by atoms with Crippen LogP contribution < -0.4 is 10.1 Å². The Morgan fingerprint density at radius 3 is 2.47 bits per heavy atom. The lowest BCUT2D eigenvalue weighted by atomic mass is 10.2. The van der Waals surface area contributed by atoms with Crippen LogP contribution in [0.15, 0.2) is 28.7 Å². The minimum atomic E-state index is 0.426. The maximum atomic E-state index is 5.92.